The topological polar surface area (TPSA) is 40.6 Å². The first-order valence-corrected chi connectivity index (χ1v) is 20.6. The lowest BCUT2D eigenvalue weighted by atomic mass is 10.1. The number of carbonyl (C=O) groups excluding carboxylic acids is 2. The number of amides is 2. The average Bonchev–Trinajstić information content (AvgIpc) is 3.87. The van der Waals surface area contributed by atoms with Gasteiger partial charge < -0.3 is 9.80 Å². The Morgan fingerprint density at radius 1 is 0.455 bits per heavy atom. The SMILES string of the molecule is CI.CN1C(=O)C2=C(c3ccc(-c4ccc(-c5cccs5)s4)s3)N(C)C(=O)C2=C1c1ccc(-c2ccc(-c3cccs3)s2)s1. The summed E-state index contributed by atoms with van der Waals surface area (Å²) in [7, 11) is 3.55. The van der Waals surface area contributed by atoms with E-state index in [2.05, 4.69) is 94.0 Å². The van der Waals surface area contributed by atoms with Gasteiger partial charge in [0.15, 0.2) is 0 Å². The fraction of sp³-hybridized carbons (Fsp3) is 0.0909. The predicted molar refractivity (Wildman–Crippen MR) is 201 cm³/mol. The fourth-order valence-electron chi connectivity index (χ4n) is 5.34. The number of hydrogen-bond donors (Lipinski definition) is 0. The van der Waals surface area contributed by atoms with Gasteiger partial charge in [-0.25, -0.2) is 0 Å². The number of likely N-dealkylation sites (N-methyl/N-ethyl adjacent to an activating group) is 2. The zero-order chi connectivity index (χ0) is 30.5. The van der Waals surface area contributed by atoms with E-state index in [9.17, 15) is 9.59 Å². The molecule has 11 heteroatoms. The smallest absolute Gasteiger partial charge is 0.261 e. The van der Waals surface area contributed by atoms with Crippen molar-refractivity contribution >= 4 is 114 Å². The lowest BCUT2D eigenvalue weighted by molar-refractivity contribution is -0.123. The lowest BCUT2D eigenvalue weighted by Crippen LogP contribution is -2.24. The third-order valence-electron chi connectivity index (χ3n) is 7.34. The maximum absolute atomic E-state index is 13.7. The summed E-state index contributed by atoms with van der Waals surface area (Å²) in [6, 6.07) is 25.3. The van der Waals surface area contributed by atoms with Gasteiger partial charge in [0.05, 0.1) is 32.3 Å². The number of alkyl halides is 1. The maximum atomic E-state index is 13.7. The van der Waals surface area contributed by atoms with Gasteiger partial charge >= 0.3 is 0 Å². The van der Waals surface area contributed by atoms with E-state index in [1.807, 2.05) is 17.1 Å². The molecule has 6 aromatic rings. The van der Waals surface area contributed by atoms with Gasteiger partial charge in [-0.1, -0.05) is 34.7 Å². The number of rotatable bonds is 6. The van der Waals surface area contributed by atoms with Gasteiger partial charge in [0.25, 0.3) is 11.8 Å². The molecule has 0 radical (unpaired) electrons. The van der Waals surface area contributed by atoms with Gasteiger partial charge in [-0.2, -0.15) is 0 Å². The molecule has 4 nitrogen and oxygen atoms in total. The number of halogens is 1. The van der Waals surface area contributed by atoms with Crippen molar-refractivity contribution in [2.75, 3.05) is 19.0 Å². The summed E-state index contributed by atoms with van der Waals surface area (Å²) < 4.78 is 0. The van der Waals surface area contributed by atoms with Gasteiger partial charge in [0.1, 0.15) is 0 Å². The van der Waals surface area contributed by atoms with Gasteiger partial charge in [-0.3, -0.25) is 9.59 Å². The Labute approximate surface area is 293 Å². The second kappa shape index (κ2) is 12.3. The van der Waals surface area contributed by atoms with Crippen molar-refractivity contribution in [1.29, 1.82) is 0 Å². The Bertz CT molecular complexity index is 1920. The van der Waals surface area contributed by atoms with Crippen molar-refractivity contribution in [3.8, 4) is 39.0 Å². The van der Waals surface area contributed by atoms with E-state index in [0.717, 1.165) is 19.5 Å². The molecule has 2 aliphatic heterocycles. The van der Waals surface area contributed by atoms with E-state index in [0.29, 0.717) is 22.5 Å². The summed E-state index contributed by atoms with van der Waals surface area (Å²) in [5.74, 6) is -0.269. The van der Waals surface area contributed by atoms with Gasteiger partial charge in [0, 0.05) is 53.1 Å². The molecule has 8 rings (SSSR count). The molecular weight excluding hydrogens is 776 g/mol. The van der Waals surface area contributed by atoms with Crippen molar-refractivity contribution in [2.24, 2.45) is 0 Å². The standard InChI is InChI=1S/C32H20N2O2S6.CH3I/c1-33-29(25-13-11-23(41-25)21-9-7-19(39-21)17-5-3-15-37-17)27-28(31(33)35)30(34(2)32(27)36)26-14-12-24(42-26)22-10-8-20(40-22)18-6-4-16-38-18;1-2/h3-16H,1-2H3;1H3. The van der Waals surface area contributed by atoms with Crippen LogP contribution in [0.15, 0.2) is 94.7 Å². The minimum Gasteiger partial charge on any atom is -0.309 e. The van der Waals surface area contributed by atoms with Crippen molar-refractivity contribution in [3.63, 3.8) is 0 Å². The van der Waals surface area contributed by atoms with Crippen LogP contribution >= 0.6 is 90.6 Å². The van der Waals surface area contributed by atoms with Crippen LogP contribution in [0.4, 0.5) is 0 Å². The monoisotopic (exact) mass is 798 g/mol. The molecule has 0 aliphatic carbocycles. The van der Waals surface area contributed by atoms with Crippen molar-refractivity contribution in [2.45, 2.75) is 0 Å². The molecule has 0 unspecified atom stereocenters. The Hall–Kier alpha value is -2.65. The van der Waals surface area contributed by atoms with Crippen molar-refractivity contribution in [1.82, 2.24) is 9.80 Å². The Balaban J connectivity index is 0.00000153. The number of thiophene rings is 6. The predicted octanol–water partition coefficient (Wildman–Crippen LogP) is 10.8. The summed E-state index contributed by atoms with van der Waals surface area (Å²) in [6.45, 7) is 0. The normalized spacial score (nSPS) is 14.6. The van der Waals surface area contributed by atoms with Crippen LogP contribution < -0.4 is 0 Å². The molecule has 6 aromatic heterocycles. The molecule has 0 spiro atoms. The number of nitrogens with zero attached hydrogens (tertiary/aromatic N) is 2. The number of carbonyl (C=O) groups is 2. The molecule has 220 valence electrons. The quantitative estimate of drug-likeness (QED) is 0.124. The molecule has 8 heterocycles. The summed E-state index contributed by atoms with van der Waals surface area (Å²) in [5, 5.41) is 4.18. The maximum Gasteiger partial charge on any atom is 0.261 e. The van der Waals surface area contributed by atoms with Gasteiger partial charge in [-0.05, 0) is 76.4 Å². The van der Waals surface area contributed by atoms with Crippen LogP contribution in [0.25, 0.3) is 50.4 Å². The fourth-order valence-corrected chi connectivity index (χ4v) is 11.4. The molecule has 0 atom stereocenters. The molecule has 2 amide bonds. The first kappa shape index (κ1) is 30.0. The second-order valence-corrected chi connectivity index (χ2v) is 16.0. The molecule has 0 fully saturated rings. The van der Waals surface area contributed by atoms with Crippen LogP contribution in [0.3, 0.4) is 0 Å². The van der Waals surface area contributed by atoms with E-state index >= 15 is 0 Å². The zero-order valence-electron chi connectivity index (χ0n) is 23.6. The molecule has 0 saturated heterocycles. The zero-order valence-corrected chi connectivity index (χ0v) is 30.7. The highest BCUT2D eigenvalue weighted by Crippen LogP contribution is 2.50. The van der Waals surface area contributed by atoms with Gasteiger partial charge in [0.2, 0.25) is 0 Å². The van der Waals surface area contributed by atoms with Crippen LogP contribution in [-0.2, 0) is 9.59 Å². The minimum atomic E-state index is -0.134. The van der Waals surface area contributed by atoms with Crippen molar-refractivity contribution in [3.05, 3.63) is 104 Å². The summed E-state index contributed by atoms with van der Waals surface area (Å²) in [5.41, 5.74) is 2.40. The minimum absolute atomic E-state index is 0.134. The van der Waals surface area contributed by atoms with E-state index < -0.39 is 0 Å². The van der Waals surface area contributed by atoms with Crippen LogP contribution in [0.5, 0.6) is 0 Å². The first-order chi connectivity index (χ1) is 21.5. The lowest BCUT2D eigenvalue weighted by Gasteiger charge is -2.18. The average molecular weight is 799 g/mol. The largest absolute Gasteiger partial charge is 0.309 e. The van der Waals surface area contributed by atoms with E-state index in [4.69, 9.17) is 0 Å². The van der Waals surface area contributed by atoms with Crippen molar-refractivity contribution < 1.29 is 9.59 Å². The molecule has 0 bridgehead atoms. The number of fused-ring (bicyclic) bond motifs is 1. The van der Waals surface area contributed by atoms with Crippen LogP contribution in [0.1, 0.15) is 9.75 Å². The summed E-state index contributed by atoms with van der Waals surface area (Å²) >= 11 is 12.4. The third kappa shape index (κ3) is 5.02. The highest BCUT2D eigenvalue weighted by Gasteiger charge is 2.47. The molecule has 2 aliphatic rings. The number of hydrogen-bond acceptors (Lipinski definition) is 8. The Kier molecular flexibility index (Phi) is 8.38. The first-order valence-electron chi connectivity index (χ1n) is 13.4. The Morgan fingerprint density at radius 2 is 0.750 bits per heavy atom. The third-order valence-corrected chi connectivity index (χ3v) is 14.2. The summed E-state index contributed by atoms with van der Waals surface area (Å²) in [4.78, 5) is 44.2. The molecule has 0 saturated carbocycles. The molecule has 0 N–H and O–H groups in total. The molecule has 44 heavy (non-hydrogen) atoms. The highest BCUT2D eigenvalue weighted by molar-refractivity contribution is 14.1. The van der Waals surface area contributed by atoms with E-state index in [1.165, 1.54) is 29.3 Å². The van der Waals surface area contributed by atoms with Crippen LogP contribution in [-0.4, -0.2) is 40.6 Å². The second-order valence-electron chi connectivity index (χ2n) is 9.79. The molecule has 0 aromatic carbocycles. The van der Waals surface area contributed by atoms with E-state index in [-0.39, 0.29) is 11.8 Å². The van der Waals surface area contributed by atoms with Crippen LogP contribution in [0.2, 0.25) is 0 Å². The highest BCUT2D eigenvalue weighted by atomic mass is 127. The summed E-state index contributed by atoms with van der Waals surface area (Å²) in [6.07, 6.45) is 0. The molecular formula is C33H23IN2O2S6. The van der Waals surface area contributed by atoms with Gasteiger partial charge in [-0.15, -0.1) is 68.0 Å². The van der Waals surface area contributed by atoms with E-state index in [1.54, 1.807) is 91.9 Å². The Morgan fingerprint density at radius 3 is 1.07 bits per heavy atom. The van der Waals surface area contributed by atoms with Crippen LogP contribution in [0, 0.1) is 0 Å².